The fourth-order valence-electron chi connectivity index (χ4n) is 2.43. The molecule has 1 aromatic carbocycles. The largest absolute Gasteiger partial charge is 0.508 e. The van der Waals surface area contributed by atoms with E-state index >= 15 is 0 Å². The third kappa shape index (κ3) is 4.97. The number of phenolic OH excluding ortho intramolecular Hbond substituents is 1. The second kappa shape index (κ2) is 7.57. The Morgan fingerprint density at radius 1 is 1.29 bits per heavy atom. The fraction of sp³-hybridized carbons (Fsp3) is 0.571. The summed E-state index contributed by atoms with van der Waals surface area (Å²) in [7, 11) is 4.21. The molecule has 2 nitrogen and oxygen atoms in total. The average Bonchev–Trinajstić information content (AvgIpc) is 2.17. The number of benzene rings is 1. The van der Waals surface area contributed by atoms with Crippen molar-refractivity contribution >= 4 is 12.4 Å². The number of aromatic hydroxyl groups is 1. The van der Waals surface area contributed by atoms with Crippen molar-refractivity contribution in [3.05, 3.63) is 29.8 Å². The lowest BCUT2D eigenvalue weighted by Gasteiger charge is -2.26. The van der Waals surface area contributed by atoms with Gasteiger partial charge in [0, 0.05) is 6.54 Å². The summed E-state index contributed by atoms with van der Waals surface area (Å²) in [6.45, 7) is 5.56. The molecule has 3 heteroatoms. The van der Waals surface area contributed by atoms with Gasteiger partial charge in [-0.2, -0.15) is 0 Å². The summed E-state index contributed by atoms with van der Waals surface area (Å²) in [5.41, 5.74) is 1.25. The Morgan fingerprint density at radius 3 is 2.41 bits per heavy atom. The molecule has 0 fully saturated rings. The molecule has 0 aliphatic carbocycles. The van der Waals surface area contributed by atoms with E-state index in [9.17, 15) is 5.11 Å². The van der Waals surface area contributed by atoms with Crippen molar-refractivity contribution in [2.75, 3.05) is 20.6 Å². The van der Waals surface area contributed by atoms with Gasteiger partial charge in [0.2, 0.25) is 0 Å². The van der Waals surface area contributed by atoms with Crippen LogP contribution in [0, 0.1) is 5.92 Å². The average molecular weight is 258 g/mol. The number of nitrogens with zero attached hydrogens (tertiary/aromatic N) is 1. The van der Waals surface area contributed by atoms with Crippen LogP contribution in [0.5, 0.6) is 5.75 Å². The Balaban J connectivity index is 0.00000256. The molecule has 1 N–H and O–H groups in total. The first-order valence-corrected chi connectivity index (χ1v) is 5.98. The van der Waals surface area contributed by atoms with Crippen LogP contribution in [0.25, 0.3) is 0 Å². The molecule has 0 bridgehead atoms. The molecule has 0 heterocycles. The first-order valence-electron chi connectivity index (χ1n) is 5.98. The summed E-state index contributed by atoms with van der Waals surface area (Å²) < 4.78 is 0. The Hall–Kier alpha value is -0.730. The molecule has 98 valence electrons. The van der Waals surface area contributed by atoms with E-state index in [1.807, 2.05) is 12.1 Å². The summed E-state index contributed by atoms with van der Waals surface area (Å²) in [5.74, 6) is 1.49. The van der Waals surface area contributed by atoms with E-state index in [0.717, 1.165) is 13.0 Å². The Bertz CT molecular complexity index is 328. The smallest absolute Gasteiger partial charge is 0.115 e. The van der Waals surface area contributed by atoms with E-state index in [4.69, 9.17) is 0 Å². The molecule has 0 amide bonds. The second-order valence-electron chi connectivity index (χ2n) is 4.85. The molecule has 1 aromatic rings. The van der Waals surface area contributed by atoms with Crippen molar-refractivity contribution in [1.82, 2.24) is 4.90 Å². The van der Waals surface area contributed by atoms with E-state index in [1.54, 1.807) is 6.07 Å². The maximum absolute atomic E-state index is 9.51. The molecule has 0 saturated heterocycles. The summed E-state index contributed by atoms with van der Waals surface area (Å²) in [5, 5.41) is 9.51. The minimum Gasteiger partial charge on any atom is -0.508 e. The monoisotopic (exact) mass is 257 g/mol. The summed E-state index contributed by atoms with van der Waals surface area (Å²) in [4.78, 5) is 2.22. The first kappa shape index (κ1) is 16.3. The normalized spacial score (nSPS) is 14.2. The highest BCUT2D eigenvalue weighted by molar-refractivity contribution is 5.85. The molecule has 0 radical (unpaired) electrons. The third-order valence-corrected chi connectivity index (χ3v) is 3.08. The van der Waals surface area contributed by atoms with Gasteiger partial charge in [0.1, 0.15) is 5.75 Å². The molecular formula is C14H24ClNO. The molecule has 2 atom stereocenters. The highest BCUT2D eigenvalue weighted by Crippen LogP contribution is 2.30. The Labute approximate surface area is 111 Å². The summed E-state index contributed by atoms with van der Waals surface area (Å²) in [6, 6.07) is 7.66. The maximum Gasteiger partial charge on any atom is 0.115 e. The molecule has 0 spiro atoms. The fourth-order valence-corrected chi connectivity index (χ4v) is 2.43. The molecule has 17 heavy (non-hydrogen) atoms. The van der Waals surface area contributed by atoms with E-state index < -0.39 is 0 Å². The highest BCUT2D eigenvalue weighted by Gasteiger charge is 2.18. The van der Waals surface area contributed by atoms with Crippen LogP contribution in [0.2, 0.25) is 0 Å². The van der Waals surface area contributed by atoms with Gasteiger partial charge < -0.3 is 10.0 Å². The van der Waals surface area contributed by atoms with Crippen molar-refractivity contribution < 1.29 is 5.11 Å². The number of hydrogen-bond donors (Lipinski definition) is 1. The molecule has 0 aliphatic rings. The minimum atomic E-state index is 0. The van der Waals surface area contributed by atoms with Gasteiger partial charge in [-0.25, -0.2) is 0 Å². The predicted octanol–water partition coefficient (Wildman–Crippen LogP) is 3.51. The third-order valence-electron chi connectivity index (χ3n) is 3.08. The number of hydrogen-bond acceptors (Lipinski definition) is 2. The van der Waals surface area contributed by atoms with Crippen LogP contribution in [0.3, 0.4) is 0 Å². The molecular weight excluding hydrogens is 234 g/mol. The molecule has 0 aliphatic heterocycles. The molecule has 0 saturated carbocycles. The van der Waals surface area contributed by atoms with Crippen LogP contribution in [0.1, 0.15) is 31.7 Å². The van der Waals surface area contributed by atoms with Crippen LogP contribution >= 0.6 is 12.4 Å². The number of phenols is 1. The van der Waals surface area contributed by atoms with E-state index in [-0.39, 0.29) is 12.4 Å². The van der Waals surface area contributed by atoms with Gasteiger partial charge in [-0.05, 0) is 50.0 Å². The van der Waals surface area contributed by atoms with Crippen LogP contribution in [0.15, 0.2) is 24.3 Å². The maximum atomic E-state index is 9.51. The van der Waals surface area contributed by atoms with E-state index in [1.165, 1.54) is 5.56 Å². The lowest BCUT2D eigenvalue weighted by atomic mass is 9.85. The van der Waals surface area contributed by atoms with E-state index in [2.05, 4.69) is 38.9 Å². The van der Waals surface area contributed by atoms with Gasteiger partial charge in [-0.3, -0.25) is 0 Å². The lowest BCUT2D eigenvalue weighted by Crippen LogP contribution is -2.24. The van der Waals surface area contributed by atoms with Gasteiger partial charge in [-0.1, -0.05) is 26.0 Å². The SMILES string of the molecule is CCC(c1cccc(O)c1)C(C)CN(C)C.Cl. The molecule has 1 rings (SSSR count). The van der Waals surface area contributed by atoms with Gasteiger partial charge >= 0.3 is 0 Å². The zero-order valence-electron chi connectivity index (χ0n) is 11.2. The van der Waals surface area contributed by atoms with Gasteiger partial charge in [0.25, 0.3) is 0 Å². The van der Waals surface area contributed by atoms with Gasteiger partial charge in [0.05, 0.1) is 0 Å². The second-order valence-corrected chi connectivity index (χ2v) is 4.85. The van der Waals surface area contributed by atoms with Crippen molar-refractivity contribution in [3.63, 3.8) is 0 Å². The zero-order valence-corrected chi connectivity index (χ0v) is 12.0. The zero-order chi connectivity index (χ0) is 12.1. The van der Waals surface area contributed by atoms with Gasteiger partial charge in [-0.15, -0.1) is 12.4 Å². The van der Waals surface area contributed by atoms with Gasteiger partial charge in [0.15, 0.2) is 0 Å². The Morgan fingerprint density at radius 2 is 1.94 bits per heavy atom. The van der Waals surface area contributed by atoms with E-state index in [0.29, 0.717) is 17.6 Å². The van der Waals surface area contributed by atoms with Crippen LogP contribution in [-0.4, -0.2) is 30.6 Å². The van der Waals surface area contributed by atoms with Crippen molar-refractivity contribution in [3.8, 4) is 5.75 Å². The number of halogens is 1. The minimum absolute atomic E-state index is 0. The topological polar surface area (TPSA) is 23.5 Å². The highest BCUT2D eigenvalue weighted by atomic mass is 35.5. The summed E-state index contributed by atoms with van der Waals surface area (Å²) >= 11 is 0. The lowest BCUT2D eigenvalue weighted by molar-refractivity contribution is 0.301. The van der Waals surface area contributed by atoms with Crippen molar-refractivity contribution in [2.24, 2.45) is 5.92 Å². The van der Waals surface area contributed by atoms with Crippen molar-refractivity contribution in [1.29, 1.82) is 0 Å². The predicted molar refractivity (Wildman–Crippen MR) is 76.1 cm³/mol. The van der Waals surface area contributed by atoms with Crippen LogP contribution < -0.4 is 0 Å². The van der Waals surface area contributed by atoms with Crippen molar-refractivity contribution in [2.45, 2.75) is 26.2 Å². The summed E-state index contributed by atoms with van der Waals surface area (Å²) in [6.07, 6.45) is 1.11. The first-order chi connectivity index (χ1) is 7.54. The van der Waals surface area contributed by atoms with Crippen LogP contribution in [0.4, 0.5) is 0 Å². The Kier molecular flexibility index (Phi) is 7.24. The van der Waals surface area contributed by atoms with Crippen LogP contribution in [-0.2, 0) is 0 Å². The molecule has 2 unspecified atom stereocenters. The number of rotatable bonds is 5. The standard InChI is InChI=1S/C14H23NO.ClH/c1-5-14(11(2)10-15(3)4)12-7-6-8-13(16)9-12;/h6-9,11,14,16H,5,10H2,1-4H3;1H. The quantitative estimate of drug-likeness (QED) is 0.873. The molecule has 0 aromatic heterocycles.